The van der Waals surface area contributed by atoms with Crippen molar-refractivity contribution < 1.29 is 4.79 Å². The molecule has 0 spiro atoms. The average molecular weight is 360 g/mol. The molecule has 0 bridgehead atoms. The van der Waals surface area contributed by atoms with Crippen LogP contribution in [0.4, 0.5) is 11.4 Å². The van der Waals surface area contributed by atoms with E-state index in [1.165, 1.54) is 11.1 Å². The largest absolute Gasteiger partial charge is 0.351 e. The Morgan fingerprint density at radius 1 is 0.923 bits per heavy atom. The van der Waals surface area contributed by atoms with Gasteiger partial charge in [-0.2, -0.15) is 0 Å². The van der Waals surface area contributed by atoms with Gasteiger partial charge in [-0.05, 0) is 55.6 Å². The van der Waals surface area contributed by atoms with Gasteiger partial charge in [0.25, 0.3) is 5.91 Å². The maximum Gasteiger partial charge on any atom is 0.275 e. The van der Waals surface area contributed by atoms with Gasteiger partial charge in [0.2, 0.25) is 0 Å². The van der Waals surface area contributed by atoms with Crippen molar-refractivity contribution in [3.8, 4) is 0 Å². The Labute approximate surface area is 157 Å². The molecular formula is C22H20N2OS. The summed E-state index contributed by atoms with van der Waals surface area (Å²) < 4.78 is 0. The number of nitrogens with one attached hydrogen (secondary N) is 1. The molecule has 4 heteroatoms. The third kappa shape index (κ3) is 3.16. The fourth-order valence-electron chi connectivity index (χ4n) is 3.10. The fourth-order valence-corrected chi connectivity index (χ4v) is 3.88. The van der Waals surface area contributed by atoms with E-state index in [4.69, 9.17) is 0 Å². The predicted octanol–water partition coefficient (Wildman–Crippen LogP) is 5.45. The number of hydrogen-bond acceptors (Lipinski definition) is 3. The van der Waals surface area contributed by atoms with Gasteiger partial charge in [-0.3, -0.25) is 9.69 Å². The minimum atomic E-state index is -0.0850. The quantitative estimate of drug-likeness (QED) is 0.671. The molecule has 2 heterocycles. The van der Waals surface area contributed by atoms with Gasteiger partial charge in [0.05, 0.1) is 6.04 Å². The molecule has 3 nitrogen and oxygen atoms in total. The zero-order valence-corrected chi connectivity index (χ0v) is 15.6. The first-order valence-electron chi connectivity index (χ1n) is 8.61. The Bertz CT molecular complexity index is 941. The summed E-state index contributed by atoms with van der Waals surface area (Å²) in [5, 5.41) is 5.34. The summed E-state index contributed by atoms with van der Waals surface area (Å²) in [7, 11) is 0. The number of carbonyl (C=O) groups excluding carboxylic acids is 1. The molecule has 1 atom stereocenters. The molecule has 130 valence electrons. The second kappa shape index (κ2) is 6.81. The molecule has 1 amide bonds. The van der Waals surface area contributed by atoms with E-state index in [-0.39, 0.29) is 11.9 Å². The Balaban J connectivity index is 1.69. The molecule has 0 fully saturated rings. The van der Waals surface area contributed by atoms with Crippen molar-refractivity contribution >= 4 is 28.6 Å². The van der Waals surface area contributed by atoms with Crippen LogP contribution in [0.25, 0.3) is 0 Å². The van der Waals surface area contributed by atoms with E-state index >= 15 is 0 Å². The molecule has 1 N–H and O–H groups in total. The predicted molar refractivity (Wildman–Crippen MR) is 109 cm³/mol. The molecule has 0 aliphatic carbocycles. The highest BCUT2D eigenvalue weighted by atomic mass is 32.1. The monoisotopic (exact) mass is 360 g/mol. The van der Waals surface area contributed by atoms with Crippen LogP contribution >= 0.6 is 11.3 Å². The van der Waals surface area contributed by atoms with Gasteiger partial charge in [-0.1, -0.05) is 41.5 Å². The van der Waals surface area contributed by atoms with Crippen molar-refractivity contribution in [2.24, 2.45) is 0 Å². The van der Waals surface area contributed by atoms with E-state index in [9.17, 15) is 4.79 Å². The third-order valence-corrected chi connectivity index (χ3v) is 5.47. The number of benzene rings is 2. The van der Waals surface area contributed by atoms with Crippen molar-refractivity contribution in [1.29, 1.82) is 0 Å². The van der Waals surface area contributed by atoms with Crippen LogP contribution in [0, 0.1) is 13.8 Å². The van der Waals surface area contributed by atoms with Crippen LogP contribution in [0.15, 0.2) is 77.8 Å². The first-order valence-corrected chi connectivity index (χ1v) is 9.49. The van der Waals surface area contributed by atoms with Crippen LogP contribution in [0.2, 0.25) is 0 Å². The summed E-state index contributed by atoms with van der Waals surface area (Å²) in [6.07, 6.45) is 2.02. The van der Waals surface area contributed by atoms with Crippen LogP contribution in [0.5, 0.6) is 0 Å². The molecule has 1 aromatic heterocycles. The SMILES string of the molecule is Cc1ccc(NC2=CC(c3cccs3)N(c3ccc(C)cc3)C2=O)cc1. The number of rotatable bonds is 4. The van der Waals surface area contributed by atoms with Crippen LogP contribution in [0.1, 0.15) is 22.0 Å². The summed E-state index contributed by atoms with van der Waals surface area (Å²) in [6, 6.07) is 20.2. The molecule has 0 radical (unpaired) electrons. The Morgan fingerprint density at radius 3 is 2.19 bits per heavy atom. The van der Waals surface area contributed by atoms with E-state index in [0.717, 1.165) is 16.3 Å². The number of thiophene rings is 1. The molecule has 1 aliphatic rings. The molecule has 3 aromatic rings. The minimum Gasteiger partial charge on any atom is -0.351 e. The van der Waals surface area contributed by atoms with Crippen LogP contribution in [0.3, 0.4) is 0 Å². The third-order valence-electron chi connectivity index (χ3n) is 4.53. The van der Waals surface area contributed by atoms with Crippen molar-refractivity contribution in [2.75, 3.05) is 10.2 Å². The van der Waals surface area contributed by atoms with Gasteiger partial charge >= 0.3 is 0 Å². The number of aryl methyl sites for hydroxylation is 2. The van der Waals surface area contributed by atoms with E-state index in [0.29, 0.717) is 5.70 Å². The summed E-state index contributed by atoms with van der Waals surface area (Å²) in [5.41, 5.74) is 4.83. The highest BCUT2D eigenvalue weighted by molar-refractivity contribution is 7.10. The molecule has 26 heavy (non-hydrogen) atoms. The minimum absolute atomic E-state index is 0.00664. The zero-order valence-electron chi connectivity index (χ0n) is 14.8. The highest BCUT2D eigenvalue weighted by Gasteiger charge is 2.35. The van der Waals surface area contributed by atoms with Crippen LogP contribution < -0.4 is 10.2 Å². The number of carbonyl (C=O) groups is 1. The topological polar surface area (TPSA) is 32.3 Å². The zero-order chi connectivity index (χ0) is 18.1. The molecule has 1 unspecified atom stereocenters. The molecule has 0 saturated carbocycles. The van der Waals surface area contributed by atoms with Crippen molar-refractivity contribution in [3.05, 3.63) is 93.8 Å². The first-order chi connectivity index (χ1) is 12.6. The van der Waals surface area contributed by atoms with Gasteiger partial charge in [0.1, 0.15) is 5.70 Å². The number of anilines is 2. The summed E-state index contributed by atoms with van der Waals surface area (Å²) in [5.74, 6) is -0.00664. The standard InChI is InChI=1S/C22H20N2OS/c1-15-5-9-17(10-6-15)23-19-14-20(21-4-3-13-26-21)24(22(19)25)18-11-7-16(2)8-12-18/h3-14,20,23H,1-2H3. The molecule has 2 aromatic carbocycles. The first kappa shape index (κ1) is 16.6. The van der Waals surface area contributed by atoms with Crippen molar-refractivity contribution in [3.63, 3.8) is 0 Å². The van der Waals surface area contributed by atoms with E-state index < -0.39 is 0 Å². The van der Waals surface area contributed by atoms with Gasteiger partial charge in [0, 0.05) is 16.3 Å². The second-order valence-corrected chi connectivity index (χ2v) is 7.52. The highest BCUT2D eigenvalue weighted by Crippen LogP contribution is 2.37. The lowest BCUT2D eigenvalue weighted by molar-refractivity contribution is -0.114. The molecule has 0 saturated heterocycles. The second-order valence-electron chi connectivity index (χ2n) is 6.54. The van der Waals surface area contributed by atoms with Gasteiger partial charge in [-0.15, -0.1) is 11.3 Å². The molecule has 1 aliphatic heterocycles. The number of amides is 1. The summed E-state index contributed by atoms with van der Waals surface area (Å²) in [6.45, 7) is 4.10. The van der Waals surface area contributed by atoms with Gasteiger partial charge in [0.15, 0.2) is 0 Å². The van der Waals surface area contributed by atoms with Crippen LogP contribution in [-0.2, 0) is 4.79 Å². The lowest BCUT2D eigenvalue weighted by atomic mass is 10.2. The van der Waals surface area contributed by atoms with Crippen molar-refractivity contribution in [2.45, 2.75) is 19.9 Å². The smallest absolute Gasteiger partial charge is 0.275 e. The lowest BCUT2D eigenvalue weighted by Gasteiger charge is -2.24. The lowest BCUT2D eigenvalue weighted by Crippen LogP contribution is -2.30. The number of hydrogen-bond donors (Lipinski definition) is 1. The van der Waals surface area contributed by atoms with Crippen LogP contribution in [-0.4, -0.2) is 5.91 Å². The normalized spacial score (nSPS) is 16.7. The average Bonchev–Trinajstić information content (AvgIpc) is 3.27. The van der Waals surface area contributed by atoms with E-state index in [2.05, 4.69) is 25.2 Å². The Hall–Kier alpha value is -2.85. The van der Waals surface area contributed by atoms with E-state index in [1.54, 1.807) is 11.3 Å². The summed E-state index contributed by atoms with van der Waals surface area (Å²) in [4.78, 5) is 16.2. The maximum atomic E-state index is 13.2. The number of nitrogens with zero attached hydrogens (tertiary/aromatic N) is 1. The maximum absolute atomic E-state index is 13.2. The summed E-state index contributed by atoms with van der Waals surface area (Å²) >= 11 is 1.67. The Morgan fingerprint density at radius 2 is 1.58 bits per heavy atom. The molecule has 4 rings (SSSR count). The van der Waals surface area contributed by atoms with Crippen molar-refractivity contribution in [1.82, 2.24) is 0 Å². The van der Waals surface area contributed by atoms with Gasteiger partial charge < -0.3 is 5.32 Å². The van der Waals surface area contributed by atoms with E-state index in [1.807, 2.05) is 71.0 Å². The van der Waals surface area contributed by atoms with Gasteiger partial charge in [-0.25, -0.2) is 0 Å². The fraction of sp³-hybridized carbons (Fsp3) is 0.136. The molecular weight excluding hydrogens is 340 g/mol. The Kier molecular flexibility index (Phi) is 4.35.